The molecule has 1 aromatic carbocycles. The average Bonchev–Trinajstić information content (AvgIpc) is 2.47. The van der Waals surface area contributed by atoms with E-state index in [0.717, 1.165) is 6.07 Å². The Morgan fingerprint density at radius 2 is 0.857 bits per heavy atom. The SMILES string of the molecule is FSOc1cc(OSF)c(OSF)c(OSF)c1OSF. The molecule has 1 rings (SSSR count). The Hall–Kier alpha value is -0.380. The lowest BCUT2D eigenvalue weighted by molar-refractivity contribution is 0.468. The van der Waals surface area contributed by atoms with Crippen LogP contribution in [0.1, 0.15) is 0 Å². The van der Waals surface area contributed by atoms with Crippen molar-refractivity contribution < 1.29 is 40.3 Å². The quantitative estimate of drug-likeness (QED) is 0.328. The molecule has 0 bridgehead atoms. The molecule has 0 fully saturated rings. The van der Waals surface area contributed by atoms with Gasteiger partial charge in [0.15, 0.2) is 11.5 Å². The summed E-state index contributed by atoms with van der Waals surface area (Å²) < 4.78 is 83.0. The lowest BCUT2D eigenvalue weighted by Crippen LogP contribution is -1.95. The van der Waals surface area contributed by atoms with Crippen molar-refractivity contribution in [1.29, 1.82) is 0 Å². The molecule has 0 spiro atoms. The second kappa shape index (κ2) is 10.4. The Morgan fingerprint density at radius 3 is 1.19 bits per heavy atom. The van der Waals surface area contributed by atoms with Crippen molar-refractivity contribution in [2.75, 3.05) is 0 Å². The normalized spacial score (nSPS) is 10.1. The highest BCUT2D eigenvalue weighted by Crippen LogP contribution is 2.54. The van der Waals surface area contributed by atoms with Gasteiger partial charge in [-0.25, -0.2) is 0 Å². The second-order valence-corrected chi connectivity index (χ2v) is 4.06. The molecule has 0 aromatic heterocycles. The molecule has 0 amide bonds. The maximum atomic E-state index is 12.3. The molecule has 0 aliphatic heterocycles. The van der Waals surface area contributed by atoms with E-state index in [-0.39, 0.29) is 0 Å². The van der Waals surface area contributed by atoms with Gasteiger partial charge >= 0.3 is 0 Å². The van der Waals surface area contributed by atoms with Crippen LogP contribution < -0.4 is 20.9 Å². The molecule has 120 valence electrons. The van der Waals surface area contributed by atoms with Gasteiger partial charge in [0.1, 0.15) is 0 Å². The predicted octanol–water partition coefficient (Wildman–Crippen LogP) is 6.24. The van der Waals surface area contributed by atoms with Crippen LogP contribution in [0.4, 0.5) is 19.4 Å². The first kappa shape index (κ1) is 18.7. The number of hydrogen-bond donors (Lipinski definition) is 0. The van der Waals surface area contributed by atoms with Crippen LogP contribution in [0.25, 0.3) is 0 Å². The topological polar surface area (TPSA) is 46.2 Å². The van der Waals surface area contributed by atoms with Crippen LogP contribution in [0.2, 0.25) is 0 Å². The first-order valence-corrected chi connectivity index (χ1v) is 7.41. The Morgan fingerprint density at radius 1 is 0.524 bits per heavy atom. The van der Waals surface area contributed by atoms with Crippen LogP contribution in [0.3, 0.4) is 0 Å². The standard InChI is InChI=1S/C6HF5O5S5/c7-17-12-2-1-3(13-18-8)5(15-20-10)6(16-21-11)4(2)14-19-9/h1H. The Bertz CT molecular complexity index is 422. The Balaban J connectivity index is 3.44. The van der Waals surface area contributed by atoms with Gasteiger partial charge in [-0.2, -0.15) is 0 Å². The molecular formula is C6HF5O5S5. The molecule has 0 N–H and O–H groups in total. The second-order valence-electron chi connectivity index (χ2n) is 2.59. The molecule has 0 saturated heterocycles. The number of halogens is 5. The number of hydrogen-bond acceptors (Lipinski definition) is 10. The maximum absolute atomic E-state index is 12.3. The monoisotopic (exact) mass is 408 g/mol. The van der Waals surface area contributed by atoms with Gasteiger partial charge in [-0.05, 0) is 0 Å². The molecular weight excluding hydrogens is 407 g/mol. The molecule has 0 aliphatic carbocycles. The van der Waals surface area contributed by atoms with Gasteiger partial charge < -0.3 is 20.9 Å². The third kappa shape index (κ3) is 5.08. The highest BCUT2D eigenvalue weighted by molar-refractivity contribution is 7.90. The minimum Gasteiger partial charge on any atom is -0.393 e. The van der Waals surface area contributed by atoms with E-state index in [0.29, 0.717) is 0 Å². The maximum Gasteiger partial charge on any atom is 0.272 e. The zero-order valence-electron chi connectivity index (χ0n) is 9.05. The zero-order chi connectivity index (χ0) is 15.7. The Labute approximate surface area is 137 Å². The van der Waals surface area contributed by atoms with E-state index in [1.54, 1.807) is 0 Å². The van der Waals surface area contributed by atoms with Crippen LogP contribution in [-0.4, -0.2) is 0 Å². The van der Waals surface area contributed by atoms with Gasteiger partial charge in [0.05, 0.1) is 0 Å². The van der Waals surface area contributed by atoms with E-state index in [1.807, 2.05) is 0 Å². The van der Waals surface area contributed by atoms with Crippen molar-refractivity contribution in [3.8, 4) is 28.7 Å². The van der Waals surface area contributed by atoms with E-state index >= 15 is 0 Å². The summed E-state index contributed by atoms with van der Waals surface area (Å²) >= 11 is -3.54. The smallest absolute Gasteiger partial charge is 0.272 e. The largest absolute Gasteiger partial charge is 0.393 e. The van der Waals surface area contributed by atoms with E-state index < -0.39 is 90.9 Å². The van der Waals surface area contributed by atoms with Crippen molar-refractivity contribution in [2.45, 2.75) is 0 Å². The fourth-order valence-corrected chi connectivity index (χ4v) is 2.14. The van der Waals surface area contributed by atoms with Crippen molar-refractivity contribution >= 4 is 62.1 Å². The summed E-state index contributed by atoms with van der Waals surface area (Å²) in [7, 11) is 0. The van der Waals surface area contributed by atoms with Crippen LogP contribution in [-0.2, 0) is 0 Å². The molecule has 15 heteroatoms. The first-order chi connectivity index (χ1) is 10.2. The van der Waals surface area contributed by atoms with Gasteiger partial charge in [0.2, 0.25) is 17.2 Å². The molecule has 0 radical (unpaired) electrons. The van der Waals surface area contributed by atoms with Crippen molar-refractivity contribution in [3.05, 3.63) is 6.07 Å². The summed E-state index contributed by atoms with van der Waals surface area (Å²) in [6.07, 6.45) is 0. The van der Waals surface area contributed by atoms with Crippen LogP contribution in [0, 0.1) is 0 Å². The summed E-state index contributed by atoms with van der Waals surface area (Å²) in [4.78, 5) is 0. The molecule has 5 nitrogen and oxygen atoms in total. The zero-order valence-corrected chi connectivity index (χ0v) is 13.1. The van der Waals surface area contributed by atoms with Gasteiger partial charge in [-0.15, -0.1) is 19.4 Å². The third-order valence-electron chi connectivity index (χ3n) is 1.71. The number of benzene rings is 1. The third-order valence-corrected chi connectivity index (χ3v) is 2.88. The highest BCUT2D eigenvalue weighted by Gasteiger charge is 2.28. The molecule has 0 heterocycles. The lowest BCUT2D eigenvalue weighted by atomic mass is 10.2. The summed E-state index contributed by atoms with van der Waals surface area (Å²) in [5, 5.41) is 0. The fraction of sp³-hybridized carbons (Fsp3) is 0. The molecule has 0 aliphatic rings. The van der Waals surface area contributed by atoms with Crippen molar-refractivity contribution in [3.63, 3.8) is 0 Å². The molecule has 21 heavy (non-hydrogen) atoms. The van der Waals surface area contributed by atoms with Crippen LogP contribution in [0.5, 0.6) is 28.7 Å². The van der Waals surface area contributed by atoms with E-state index in [2.05, 4.69) is 20.9 Å². The van der Waals surface area contributed by atoms with E-state index in [9.17, 15) is 19.4 Å². The van der Waals surface area contributed by atoms with E-state index in [4.69, 9.17) is 0 Å². The minimum absolute atomic E-state index is 0.558. The molecule has 0 saturated carbocycles. The molecule has 0 atom stereocenters. The fourth-order valence-electron chi connectivity index (χ4n) is 1.10. The van der Waals surface area contributed by atoms with Gasteiger partial charge in [0, 0.05) is 6.07 Å². The molecule has 0 unspecified atom stereocenters. The van der Waals surface area contributed by atoms with Crippen molar-refractivity contribution in [1.82, 2.24) is 0 Å². The van der Waals surface area contributed by atoms with Gasteiger partial charge in [0.25, 0.3) is 62.1 Å². The minimum atomic E-state index is -0.756. The predicted molar refractivity (Wildman–Crippen MR) is 73.1 cm³/mol. The van der Waals surface area contributed by atoms with Gasteiger partial charge in [-0.3, -0.25) is 0 Å². The summed E-state index contributed by atoms with van der Waals surface area (Å²) in [5.41, 5.74) is 0. The lowest BCUT2D eigenvalue weighted by Gasteiger charge is -2.15. The average molecular weight is 408 g/mol. The molecule has 1 aromatic rings. The highest BCUT2D eigenvalue weighted by atomic mass is 32.2. The van der Waals surface area contributed by atoms with Crippen LogP contribution in [0.15, 0.2) is 6.07 Å². The van der Waals surface area contributed by atoms with Gasteiger partial charge in [-0.1, -0.05) is 0 Å². The number of rotatable bonds is 10. The van der Waals surface area contributed by atoms with E-state index in [1.165, 1.54) is 0 Å². The van der Waals surface area contributed by atoms with Crippen molar-refractivity contribution in [2.24, 2.45) is 0 Å². The summed E-state index contributed by atoms with van der Waals surface area (Å²) in [6, 6.07) is 0.784. The van der Waals surface area contributed by atoms with Crippen LogP contribution >= 0.6 is 62.1 Å². The first-order valence-electron chi connectivity index (χ1n) is 4.20. The summed E-state index contributed by atoms with van der Waals surface area (Å²) in [5.74, 6) is -3.24. The summed E-state index contributed by atoms with van der Waals surface area (Å²) in [6.45, 7) is 0. The Kier molecular flexibility index (Phi) is 9.21.